The zero-order valence-electron chi connectivity index (χ0n) is 14.1. The van der Waals surface area contributed by atoms with Gasteiger partial charge in [0.25, 0.3) is 0 Å². The highest BCUT2D eigenvalue weighted by Crippen LogP contribution is 2.33. The molecule has 2 aromatic heterocycles. The molecule has 3 heterocycles. The number of pyridine rings is 1. The molecule has 0 radical (unpaired) electrons. The maximum atomic E-state index is 5.14. The number of fused-ring (bicyclic) bond motifs is 1. The Bertz CT molecular complexity index is 840. The molecule has 1 aromatic carbocycles. The fourth-order valence-electron chi connectivity index (χ4n) is 3.63. The summed E-state index contributed by atoms with van der Waals surface area (Å²) in [6.07, 6.45) is 4.27. The smallest absolute Gasteiger partial charge is 0.212 e. The summed E-state index contributed by atoms with van der Waals surface area (Å²) in [6.45, 7) is 1.99. The Morgan fingerprint density at radius 2 is 2.08 bits per heavy atom. The van der Waals surface area contributed by atoms with Crippen LogP contribution in [0.25, 0.3) is 11.0 Å². The zero-order chi connectivity index (χ0) is 16.5. The first kappa shape index (κ1) is 15.1. The molecular weight excluding hydrogens is 300 g/mol. The van der Waals surface area contributed by atoms with Crippen LogP contribution in [0.1, 0.15) is 30.3 Å². The minimum Gasteiger partial charge on any atom is -0.481 e. The third-order valence-electron chi connectivity index (χ3n) is 4.88. The molecule has 0 unspecified atom stereocenters. The van der Waals surface area contributed by atoms with Crippen molar-refractivity contribution in [1.29, 1.82) is 0 Å². The summed E-state index contributed by atoms with van der Waals surface area (Å²) in [4.78, 5) is 11.7. The molecule has 1 saturated heterocycles. The lowest BCUT2D eigenvalue weighted by Crippen LogP contribution is -2.25. The van der Waals surface area contributed by atoms with Gasteiger partial charge in [-0.05, 0) is 37.1 Å². The molecule has 4 rings (SSSR count). The Kier molecular flexibility index (Phi) is 3.94. The summed E-state index contributed by atoms with van der Waals surface area (Å²) in [5, 5.41) is 0. The highest BCUT2D eigenvalue weighted by Gasteiger charge is 2.29. The van der Waals surface area contributed by atoms with Crippen LogP contribution in [0.4, 0.5) is 0 Å². The van der Waals surface area contributed by atoms with E-state index < -0.39 is 0 Å². The molecule has 0 aliphatic carbocycles. The van der Waals surface area contributed by atoms with Gasteiger partial charge in [-0.3, -0.25) is 4.90 Å². The van der Waals surface area contributed by atoms with Crippen LogP contribution in [0.3, 0.4) is 0 Å². The molecule has 0 saturated carbocycles. The molecule has 124 valence electrons. The molecular formula is C19H22N4O. The Morgan fingerprint density at radius 1 is 1.21 bits per heavy atom. The number of hydrogen-bond acceptors (Lipinski definition) is 4. The first-order chi connectivity index (χ1) is 11.8. The molecule has 1 fully saturated rings. The predicted molar refractivity (Wildman–Crippen MR) is 93.9 cm³/mol. The number of likely N-dealkylation sites (tertiary alicyclic amines) is 1. The third-order valence-corrected chi connectivity index (χ3v) is 4.88. The molecule has 0 bridgehead atoms. The Hall–Kier alpha value is -2.40. The van der Waals surface area contributed by atoms with Crippen LogP contribution in [-0.4, -0.2) is 33.1 Å². The van der Waals surface area contributed by atoms with Gasteiger partial charge in [0.1, 0.15) is 5.82 Å². The number of methoxy groups -OCH3 is 1. The predicted octanol–water partition coefficient (Wildman–Crippen LogP) is 3.31. The van der Waals surface area contributed by atoms with Crippen molar-refractivity contribution >= 4 is 11.0 Å². The lowest BCUT2D eigenvalue weighted by atomic mass is 10.2. The summed E-state index contributed by atoms with van der Waals surface area (Å²) in [5.74, 6) is 1.82. The summed E-state index contributed by atoms with van der Waals surface area (Å²) in [5.41, 5.74) is 3.49. The number of imidazole rings is 1. The van der Waals surface area contributed by atoms with Crippen molar-refractivity contribution in [1.82, 2.24) is 19.4 Å². The van der Waals surface area contributed by atoms with Crippen molar-refractivity contribution in [2.24, 2.45) is 7.05 Å². The van der Waals surface area contributed by atoms with Crippen molar-refractivity contribution in [3.63, 3.8) is 0 Å². The van der Waals surface area contributed by atoms with Crippen LogP contribution in [0.5, 0.6) is 5.88 Å². The fourth-order valence-corrected chi connectivity index (χ4v) is 3.63. The number of aryl methyl sites for hydroxylation is 1. The summed E-state index contributed by atoms with van der Waals surface area (Å²) in [6, 6.07) is 12.7. The Labute approximate surface area is 141 Å². The van der Waals surface area contributed by atoms with E-state index in [-0.39, 0.29) is 0 Å². The van der Waals surface area contributed by atoms with Crippen LogP contribution in [0, 0.1) is 0 Å². The van der Waals surface area contributed by atoms with Crippen molar-refractivity contribution in [2.45, 2.75) is 25.4 Å². The van der Waals surface area contributed by atoms with Gasteiger partial charge in [0.2, 0.25) is 5.88 Å². The van der Waals surface area contributed by atoms with Gasteiger partial charge >= 0.3 is 0 Å². The number of ether oxygens (including phenoxy) is 1. The molecule has 0 amide bonds. The van der Waals surface area contributed by atoms with Gasteiger partial charge in [-0.2, -0.15) is 0 Å². The molecule has 0 spiro atoms. The number of benzene rings is 1. The SMILES string of the molecule is COc1ccc(CN2CCC[C@H]2c2nc3ccccc3n2C)cn1. The van der Waals surface area contributed by atoms with E-state index in [1.807, 2.05) is 12.3 Å². The zero-order valence-corrected chi connectivity index (χ0v) is 14.1. The van der Waals surface area contributed by atoms with E-state index in [1.165, 1.54) is 17.5 Å². The van der Waals surface area contributed by atoms with Gasteiger partial charge in [0.05, 0.1) is 24.2 Å². The molecule has 1 atom stereocenters. The molecule has 5 nitrogen and oxygen atoms in total. The van der Waals surface area contributed by atoms with E-state index in [0.29, 0.717) is 11.9 Å². The normalized spacial score (nSPS) is 18.3. The van der Waals surface area contributed by atoms with Gasteiger partial charge in [0.15, 0.2) is 0 Å². The molecule has 0 N–H and O–H groups in total. The van der Waals surface area contributed by atoms with Crippen LogP contribution in [-0.2, 0) is 13.6 Å². The van der Waals surface area contributed by atoms with Crippen LogP contribution in [0.15, 0.2) is 42.6 Å². The third kappa shape index (κ3) is 2.65. The van der Waals surface area contributed by atoms with E-state index >= 15 is 0 Å². The number of rotatable bonds is 4. The standard InChI is InChI=1S/C19H22N4O/c1-22-16-7-4-3-6-15(16)21-19(22)17-8-5-11-23(17)13-14-9-10-18(24-2)20-12-14/h3-4,6-7,9-10,12,17H,5,8,11,13H2,1-2H3/t17-/m0/s1. The molecule has 1 aliphatic heterocycles. The lowest BCUT2D eigenvalue weighted by molar-refractivity contribution is 0.236. The molecule has 24 heavy (non-hydrogen) atoms. The monoisotopic (exact) mass is 322 g/mol. The van der Waals surface area contributed by atoms with E-state index in [0.717, 1.165) is 30.9 Å². The average molecular weight is 322 g/mol. The summed E-state index contributed by atoms with van der Waals surface area (Å²) in [7, 11) is 3.76. The average Bonchev–Trinajstić information content (AvgIpc) is 3.20. The van der Waals surface area contributed by atoms with Crippen molar-refractivity contribution in [2.75, 3.05) is 13.7 Å². The maximum Gasteiger partial charge on any atom is 0.212 e. The topological polar surface area (TPSA) is 43.2 Å². The number of para-hydroxylation sites is 2. The van der Waals surface area contributed by atoms with E-state index in [2.05, 4.69) is 51.8 Å². The fraction of sp³-hybridized carbons (Fsp3) is 0.368. The van der Waals surface area contributed by atoms with Gasteiger partial charge in [-0.25, -0.2) is 9.97 Å². The van der Waals surface area contributed by atoms with E-state index in [9.17, 15) is 0 Å². The maximum absolute atomic E-state index is 5.14. The highest BCUT2D eigenvalue weighted by atomic mass is 16.5. The summed E-state index contributed by atoms with van der Waals surface area (Å²) >= 11 is 0. The minimum atomic E-state index is 0.365. The molecule has 5 heteroatoms. The summed E-state index contributed by atoms with van der Waals surface area (Å²) < 4.78 is 7.38. The van der Waals surface area contributed by atoms with E-state index in [1.54, 1.807) is 7.11 Å². The number of nitrogens with zero attached hydrogens (tertiary/aromatic N) is 4. The minimum absolute atomic E-state index is 0.365. The van der Waals surface area contributed by atoms with Gasteiger partial charge in [0, 0.05) is 25.9 Å². The van der Waals surface area contributed by atoms with Crippen LogP contribution < -0.4 is 4.74 Å². The first-order valence-electron chi connectivity index (χ1n) is 8.40. The lowest BCUT2D eigenvalue weighted by Gasteiger charge is -2.24. The van der Waals surface area contributed by atoms with Gasteiger partial charge in [-0.1, -0.05) is 18.2 Å². The second kappa shape index (κ2) is 6.24. The highest BCUT2D eigenvalue weighted by molar-refractivity contribution is 5.75. The van der Waals surface area contributed by atoms with Crippen molar-refractivity contribution in [3.05, 3.63) is 54.0 Å². The first-order valence-corrected chi connectivity index (χ1v) is 8.40. The second-order valence-corrected chi connectivity index (χ2v) is 6.36. The second-order valence-electron chi connectivity index (χ2n) is 6.36. The van der Waals surface area contributed by atoms with Crippen LogP contribution in [0.2, 0.25) is 0 Å². The quantitative estimate of drug-likeness (QED) is 0.739. The van der Waals surface area contributed by atoms with Crippen LogP contribution >= 0.6 is 0 Å². The Morgan fingerprint density at radius 3 is 2.83 bits per heavy atom. The van der Waals surface area contributed by atoms with Gasteiger partial charge in [-0.15, -0.1) is 0 Å². The number of aromatic nitrogens is 3. The largest absolute Gasteiger partial charge is 0.481 e. The van der Waals surface area contributed by atoms with E-state index in [4.69, 9.17) is 9.72 Å². The molecule has 3 aromatic rings. The van der Waals surface area contributed by atoms with Crippen molar-refractivity contribution in [3.8, 4) is 5.88 Å². The Balaban J connectivity index is 1.60. The molecule has 1 aliphatic rings. The van der Waals surface area contributed by atoms with Crippen molar-refractivity contribution < 1.29 is 4.74 Å². The van der Waals surface area contributed by atoms with Gasteiger partial charge < -0.3 is 9.30 Å². The number of hydrogen-bond donors (Lipinski definition) is 0.